The van der Waals surface area contributed by atoms with E-state index in [2.05, 4.69) is 4.72 Å². The minimum absolute atomic E-state index is 0.0643. The van der Waals surface area contributed by atoms with Gasteiger partial charge in [0.1, 0.15) is 17.3 Å². The summed E-state index contributed by atoms with van der Waals surface area (Å²) in [5.74, 6) is -0.0643. The maximum absolute atomic E-state index is 12.8. The zero-order chi connectivity index (χ0) is 17.4. The third-order valence-electron chi connectivity index (χ3n) is 3.96. The van der Waals surface area contributed by atoms with E-state index < -0.39 is 10.0 Å². The summed E-state index contributed by atoms with van der Waals surface area (Å²) in [6.07, 6.45) is 0. The van der Waals surface area contributed by atoms with Gasteiger partial charge >= 0.3 is 0 Å². The lowest BCUT2D eigenvalue weighted by Gasteiger charge is -2.08. The van der Waals surface area contributed by atoms with Gasteiger partial charge in [-0.25, -0.2) is 8.42 Å². The fraction of sp³-hybridized carbons (Fsp3) is 0. The summed E-state index contributed by atoms with van der Waals surface area (Å²) in [6, 6.07) is 21.2. The minimum Gasteiger partial charge on any atom is -0.443 e. The van der Waals surface area contributed by atoms with Crippen LogP contribution in [0.3, 0.4) is 0 Å². The summed E-state index contributed by atoms with van der Waals surface area (Å²) >= 11 is 0. The number of benzene rings is 3. The molecule has 0 atom stereocenters. The molecule has 1 aromatic heterocycles. The van der Waals surface area contributed by atoms with Crippen LogP contribution >= 0.6 is 0 Å². The fourth-order valence-electron chi connectivity index (χ4n) is 2.75. The molecule has 0 aliphatic rings. The van der Waals surface area contributed by atoms with Crippen LogP contribution in [0.4, 0.5) is 5.69 Å². The predicted octanol–water partition coefficient (Wildman–Crippen LogP) is 4.26. The van der Waals surface area contributed by atoms with Crippen molar-refractivity contribution in [3.63, 3.8) is 0 Å². The van der Waals surface area contributed by atoms with Gasteiger partial charge in [-0.15, -0.1) is 0 Å². The van der Waals surface area contributed by atoms with Gasteiger partial charge < -0.3 is 4.42 Å². The Labute approximate surface area is 144 Å². The Balaban J connectivity index is 1.83. The molecule has 4 rings (SSSR count). The number of nitrogens with zero attached hydrogens (tertiary/aromatic N) is 1. The highest BCUT2D eigenvalue weighted by molar-refractivity contribution is 7.92. The first-order chi connectivity index (χ1) is 12.1. The summed E-state index contributed by atoms with van der Waals surface area (Å²) in [6.45, 7) is 0. The molecule has 0 aliphatic heterocycles. The number of rotatable bonds is 3. The van der Waals surface area contributed by atoms with Gasteiger partial charge in [0.05, 0.1) is 4.90 Å². The minimum atomic E-state index is -3.86. The molecule has 0 spiro atoms. The van der Waals surface area contributed by atoms with E-state index in [1.165, 1.54) is 0 Å². The fourth-order valence-corrected chi connectivity index (χ4v) is 3.87. The number of nitriles is 1. The molecule has 0 radical (unpaired) electrons. The topological polar surface area (TPSA) is 83.1 Å². The van der Waals surface area contributed by atoms with Crippen molar-refractivity contribution in [2.75, 3.05) is 4.72 Å². The lowest BCUT2D eigenvalue weighted by atomic mass is 10.1. The van der Waals surface area contributed by atoms with Crippen LogP contribution in [0.15, 0.2) is 76.0 Å². The van der Waals surface area contributed by atoms with Crippen LogP contribution in [0.5, 0.6) is 0 Å². The Morgan fingerprint density at radius 1 is 0.920 bits per heavy atom. The van der Waals surface area contributed by atoms with E-state index in [0.29, 0.717) is 11.0 Å². The van der Waals surface area contributed by atoms with E-state index >= 15 is 0 Å². The first-order valence-electron chi connectivity index (χ1n) is 7.52. The lowest BCUT2D eigenvalue weighted by Crippen LogP contribution is -2.13. The number of hydrogen-bond donors (Lipinski definition) is 1. The van der Waals surface area contributed by atoms with Gasteiger partial charge in [0, 0.05) is 5.39 Å². The lowest BCUT2D eigenvalue weighted by molar-refractivity contribution is 0.595. The zero-order valence-electron chi connectivity index (χ0n) is 12.9. The van der Waals surface area contributed by atoms with Gasteiger partial charge in [-0.05, 0) is 35.0 Å². The molecule has 0 unspecified atom stereocenters. The monoisotopic (exact) mass is 348 g/mol. The summed E-state index contributed by atoms with van der Waals surface area (Å²) in [5, 5.41) is 11.6. The molecule has 1 N–H and O–H groups in total. The van der Waals surface area contributed by atoms with Crippen molar-refractivity contribution in [2.24, 2.45) is 0 Å². The number of furan rings is 1. The maximum Gasteiger partial charge on any atom is 0.262 e. The van der Waals surface area contributed by atoms with Crippen LogP contribution in [-0.2, 0) is 10.0 Å². The molecule has 4 aromatic rings. The number of hydrogen-bond acceptors (Lipinski definition) is 4. The van der Waals surface area contributed by atoms with Crippen LogP contribution in [0, 0.1) is 11.3 Å². The number of anilines is 1. The molecule has 0 amide bonds. The molecule has 0 saturated carbocycles. The molecule has 122 valence electrons. The van der Waals surface area contributed by atoms with Gasteiger partial charge in [0.25, 0.3) is 10.0 Å². The molecular formula is C19H12N2O3S. The van der Waals surface area contributed by atoms with Crippen molar-refractivity contribution >= 4 is 37.5 Å². The number of nitrogens with one attached hydrogen (secondary N) is 1. The number of sulfonamides is 1. The Bertz CT molecular complexity index is 1250. The van der Waals surface area contributed by atoms with Crippen molar-refractivity contribution in [3.8, 4) is 6.07 Å². The van der Waals surface area contributed by atoms with Gasteiger partial charge in [0.2, 0.25) is 5.76 Å². The van der Waals surface area contributed by atoms with Gasteiger partial charge in [-0.3, -0.25) is 4.72 Å². The first-order valence-corrected chi connectivity index (χ1v) is 9.00. The highest BCUT2D eigenvalue weighted by Gasteiger charge is 2.21. The summed E-state index contributed by atoms with van der Waals surface area (Å²) < 4.78 is 33.5. The van der Waals surface area contributed by atoms with Gasteiger partial charge in [-0.2, -0.15) is 5.26 Å². The molecule has 25 heavy (non-hydrogen) atoms. The number of para-hydroxylation sites is 1. The predicted molar refractivity (Wildman–Crippen MR) is 95.7 cm³/mol. The molecule has 6 heteroatoms. The van der Waals surface area contributed by atoms with E-state index in [1.807, 2.05) is 30.3 Å². The molecule has 1 heterocycles. The molecule has 0 saturated heterocycles. The number of fused-ring (bicyclic) bond motifs is 2. The van der Waals surface area contributed by atoms with Crippen LogP contribution < -0.4 is 4.72 Å². The molecule has 0 aliphatic carbocycles. The Morgan fingerprint density at radius 2 is 1.64 bits per heavy atom. The van der Waals surface area contributed by atoms with E-state index in [4.69, 9.17) is 4.42 Å². The SMILES string of the molecule is N#Cc1oc2ccccc2c1NS(=O)(=O)c1ccc2ccccc2c1. The normalized spacial score (nSPS) is 11.5. The van der Waals surface area contributed by atoms with Crippen molar-refractivity contribution in [3.05, 3.63) is 72.5 Å². The first kappa shape index (κ1) is 15.2. The Morgan fingerprint density at radius 3 is 2.44 bits per heavy atom. The molecule has 0 bridgehead atoms. The molecule has 0 fully saturated rings. The quantitative estimate of drug-likeness (QED) is 0.600. The Hall–Kier alpha value is -3.30. The highest BCUT2D eigenvalue weighted by Crippen LogP contribution is 2.32. The second-order valence-electron chi connectivity index (χ2n) is 5.53. The summed E-state index contributed by atoms with van der Waals surface area (Å²) in [5.41, 5.74) is 0.613. The van der Waals surface area contributed by atoms with Crippen LogP contribution in [0.25, 0.3) is 21.7 Å². The van der Waals surface area contributed by atoms with Crippen LogP contribution in [0.2, 0.25) is 0 Å². The molecule has 3 aromatic carbocycles. The zero-order valence-corrected chi connectivity index (χ0v) is 13.7. The second-order valence-corrected chi connectivity index (χ2v) is 7.21. The smallest absolute Gasteiger partial charge is 0.262 e. The van der Waals surface area contributed by atoms with Crippen molar-refractivity contribution in [1.82, 2.24) is 0 Å². The average molecular weight is 348 g/mol. The van der Waals surface area contributed by atoms with Gasteiger partial charge in [-0.1, -0.05) is 42.5 Å². The van der Waals surface area contributed by atoms with E-state index in [9.17, 15) is 13.7 Å². The van der Waals surface area contributed by atoms with Gasteiger partial charge in [0.15, 0.2) is 0 Å². The standard InChI is InChI=1S/C19H12N2O3S/c20-12-18-19(16-7-3-4-8-17(16)24-18)21-25(22,23)15-10-9-13-5-1-2-6-14(13)11-15/h1-11,21H. The average Bonchev–Trinajstić information content (AvgIpc) is 2.98. The largest absolute Gasteiger partial charge is 0.443 e. The maximum atomic E-state index is 12.8. The third kappa shape index (κ3) is 2.61. The Kier molecular flexibility index (Phi) is 3.45. The molecule has 5 nitrogen and oxygen atoms in total. The van der Waals surface area contributed by atoms with E-state index in [1.54, 1.807) is 42.5 Å². The van der Waals surface area contributed by atoms with Crippen molar-refractivity contribution in [2.45, 2.75) is 4.90 Å². The third-order valence-corrected chi connectivity index (χ3v) is 5.31. The molecular weight excluding hydrogens is 336 g/mol. The second kappa shape index (κ2) is 5.65. The van der Waals surface area contributed by atoms with Crippen molar-refractivity contribution < 1.29 is 12.8 Å². The summed E-state index contributed by atoms with van der Waals surface area (Å²) in [4.78, 5) is 0.125. The highest BCUT2D eigenvalue weighted by atomic mass is 32.2. The summed E-state index contributed by atoms with van der Waals surface area (Å²) in [7, 11) is -3.86. The van der Waals surface area contributed by atoms with Crippen molar-refractivity contribution in [1.29, 1.82) is 5.26 Å². The van der Waals surface area contributed by atoms with Crippen LogP contribution in [-0.4, -0.2) is 8.42 Å². The van der Waals surface area contributed by atoms with Crippen LogP contribution in [0.1, 0.15) is 5.76 Å². The van der Waals surface area contributed by atoms with E-state index in [-0.39, 0.29) is 16.3 Å². The van der Waals surface area contributed by atoms with E-state index in [0.717, 1.165) is 10.8 Å².